The minimum atomic E-state index is -0.222. The molecule has 2 N–H and O–H groups in total. The van der Waals surface area contributed by atoms with E-state index in [1.54, 1.807) is 0 Å². The summed E-state index contributed by atoms with van der Waals surface area (Å²) in [6.45, 7) is 5.94. The van der Waals surface area contributed by atoms with Gasteiger partial charge in [-0.05, 0) is 18.8 Å². The van der Waals surface area contributed by atoms with Gasteiger partial charge in [-0.3, -0.25) is 4.79 Å². The van der Waals surface area contributed by atoms with Crippen LogP contribution in [0.2, 0.25) is 0 Å². The normalized spacial score (nSPS) is 12.7. The number of nitrogens with zero attached hydrogens (tertiary/aromatic N) is 1. The Bertz CT molecular complexity index is 403. The van der Waals surface area contributed by atoms with Gasteiger partial charge in [0.2, 0.25) is 5.88 Å². The van der Waals surface area contributed by atoms with Crippen molar-refractivity contribution in [2.24, 2.45) is 0 Å². The summed E-state index contributed by atoms with van der Waals surface area (Å²) in [7, 11) is 0. The van der Waals surface area contributed by atoms with Crippen LogP contribution in [0, 0.1) is 0 Å². The second kappa shape index (κ2) is 5.94. The topological polar surface area (TPSA) is 66.0 Å². The van der Waals surface area contributed by atoms with E-state index in [2.05, 4.69) is 16.9 Å². The van der Waals surface area contributed by atoms with Crippen LogP contribution in [-0.4, -0.2) is 20.8 Å². The zero-order valence-corrected chi connectivity index (χ0v) is 10.7. The van der Waals surface area contributed by atoms with E-state index in [4.69, 9.17) is 0 Å². The Hall–Kier alpha value is -0.970. The third-order valence-corrected chi connectivity index (χ3v) is 3.54. The molecule has 1 aromatic heterocycles. The lowest BCUT2D eigenvalue weighted by Crippen LogP contribution is -2.17. The molecule has 4 nitrogen and oxygen atoms in total. The largest absolute Gasteiger partial charge is 0.493 e. The average Bonchev–Trinajstić information content (AvgIpc) is 2.25. The van der Waals surface area contributed by atoms with Gasteiger partial charge >= 0.3 is 0 Å². The molecule has 0 aliphatic rings. The van der Waals surface area contributed by atoms with Crippen molar-refractivity contribution in [1.29, 1.82) is 0 Å². The maximum absolute atomic E-state index is 11.8. The maximum Gasteiger partial charge on any atom is 0.258 e. The molecule has 0 aliphatic heterocycles. The van der Waals surface area contributed by atoms with Crippen molar-refractivity contribution < 1.29 is 5.11 Å². The molecule has 16 heavy (non-hydrogen) atoms. The summed E-state index contributed by atoms with van der Waals surface area (Å²) in [5, 5.41) is 10.2. The van der Waals surface area contributed by atoms with E-state index in [0.29, 0.717) is 10.7 Å². The molecular weight excluding hydrogens is 224 g/mol. The third-order valence-electron chi connectivity index (χ3n) is 2.46. The number of nitrogens with one attached hydrogen (secondary N) is 1. The Labute approximate surface area is 99.5 Å². The van der Waals surface area contributed by atoms with Crippen molar-refractivity contribution in [2.75, 3.05) is 5.75 Å². The van der Waals surface area contributed by atoms with Crippen LogP contribution in [0.1, 0.15) is 45.1 Å². The Balaban J connectivity index is 3.03. The molecule has 1 aromatic rings. The summed E-state index contributed by atoms with van der Waals surface area (Å²) in [6.07, 6.45) is 1.81. The van der Waals surface area contributed by atoms with Gasteiger partial charge in [0.15, 0.2) is 5.16 Å². The zero-order chi connectivity index (χ0) is 12.1. The van der Waals surface area contributed by atoms with Gasteiger partial charge in [0.05, 0.1) is 5.56 Å². The van der Waals surface area contributed by atoms with Crippen LogP contribution in [-0.2, 0) is 0 Å². The summed E-state index contributed by atoms with van der Waals surface area (Å²) in [5.41, 5.74) is 0.170. The highest BCUT2D eigenvalue weighted by molar-refractivity contribution is 7.99. The number of hydrogen-bond acceptors (Lipinski definition) is 4. The summed E-state index contributed by atoms with van der Waals surface area (Å²) >= 11 is 1.45. The van der Waals surface area contributed by atoms with Crippen molar-refractivity contribution in [1.82, 2.24) is 9.97 Å². The standard InChI is InChI=1S/C11H18N2O2S/c1-4-6-16-11-12-9(14)8(7(3)5-2)10(15)13-11/h7H,4-6H2,1-3H3,(H2,12,13,14,15)/t7-/m1/s1. The first-order chi connectivity index (χ1) is 7.60. The van der Waals surface area contributed by atoms with Gasteiger partial charge in [-0.2, -0.15) is 4.98 Å². The fourth-order valence-electron chi connectivity index (χ4n) is 1.37. The number of thioether (sulfide) groups is 1. The molecule has 0 saturated heterocycles. The van der Waals surface area contributed by atoms with E-state index in [1.807, 2.05) is 13.8 Å². The highest BCUT2D eigenvalue weighted by atomic mass is 32.2. The van der Waals surface area contributed by atoms with E-state index < -0.39 is 0 Å². The quantitative estimate of drug-likeness (QED) is 0.615. The van der Waals surface area contributed by atoms with Crippen LogP contribution in [0.25, 0.3) is 0 Å². The van der Waals surface area contributed by atoms with E-state index in [9.17, 15) is 9.90 Å². The maximum atomic E-state index is 11.8. The predicted molar refractivity (Wildman–Crippen MR) is 66.2 cm³/mol. The van der Waals surface area contributed by atoms with Crippen molar-refractivity contribution in [3.63, 3.8) is 0 Å². The Kier molecular flexibility index (Phi) is 4.86. The van der Waals surface area contributed by atoms with Gasteiger partial charge in [0.25, 0.3) is 5.56 Å². The smallest absolute Gasteiger partial charge is 0.258 e. The molecule has 1 rings (SSSR count). The fourth-order valence-corrected chi connectivity index (χ4v) is 2.08. The van der Waals surface area contributed by atoms with Crippen LogP contribution in [0.4, 0.5) is 0 Å². The number of hydrogen-bond donors (Lipinski definition) is 2. The van der Waals surface area contributed by atoms with Crippen LogP contribution in [0.3, 0.4) is 0 Å². The predicted octanol–water partition coefficient (Wildman–Crippen LogP) is 2.49. The van der Waals surface area contributed by atoms with Crippen LogP contribution >= 0.6 is 11.8 Å². The van der Waals surface area contributed by atoms with Crippen molar-refractivity contribution in [3.8, 4) is 5.88 Å². The van der Waals surface area contributed by atoms with E-state index in [1.165, 1.54) is 11.8 Å². The first-order valence-electron chi connectivity index (χ1n) is 5.56. The third kappa shape index (κ3) is 3.01. The summed E-state index contributed by atoms with van der Waals surface area (Å²) < 4.78 is 0. The SMILES string of the molecule is CCCSc1nc(O)c([C@H](C)CC)c(=O)[nH]1. The van der Waals surface area contributed by atoms with Gasteiger partial charge < -0.3 is 10.1 Å². The molecule has 0 amide bonds. The monoisotopic (exact) mass is 242 g/mol. The molecule has 0 aromatic carbocycles. The van der Waals surface area contributed by atoms with Crippen molar-refractivity contribution in [2.45, 2.75) is 44.7 Å². The fraction of sp³-hybridized carbons (Fsp3) is 0.636. The molecule has 0 saturated carbocycles. The number of aromatic nitrogens is 2. The second-order valence-electron chi connectivity index (χ2n) is 3.77. The Morgan fingerprint density at radius 2 is 2.19 bits per heavy atom. The molecule has 5 heteroatoms. The Morgan fingerprint density at radius 1 is 1.50 bits per heavy atom. The number of rotatable bonds is 5. The molecule has 90 valence electrons. The minimum Gasteiger partial charge on any atom is -0.493 e. The summed E-state index contributed by atoms with van der Waals surface area (Å²) in [4.78, 5) is 18.5. The van der Waals surface area contributed by atoms with Gasteiger partial charge in [-0.15, -0.1) is 0 Å². The second-order valence-corrected chi connectivity index (χ2v) is 4.85. The summed E-state index contributed by atoms with van der Waals surface area (Å²) in [5.74, 6) is 0.781. The van der Waals surface area contributed by atoms with Crippen LogP contribution in [0.15, 0.2) is 9.95 Å². The molecule has 1 heterocycles. The van der Waals surface area contributed by atoms with E-state index in [0.717, 1.165) is 18.6 Å². The lowest BCUT2D eigenvalue weighted by Gasteiger charge is -2.09. The molecule has 0 radical (unpaired) electrons. The van der Waals surface area contributed by atoms with Crippen LogP contribution in [0.5, 0.6) is 5.88 Å². The molecule has 0 unspecified atom stereocenters. The number of aromatic hydroxyl groups is 1. The van der Waals surface area contributed by atoms with Crippen LogP contribution < -0.4 is 5.56 Å². The average molecular weight is 242 g/mol. The molecule has 0 fully saturated rings. The highest BCUT2D eigenvalue weighted by Crippen LogP contribution is 2.24. The first-order valence-corrected chi connectivity index (χ1v) is 6.54. The zero-order valence-electron chi connectivity index (χ0n) is 9.91. The first kappa shape index (κ1) is 13.1. The van der Waals surface area contributed by atoms with Crippen molar-refractivity contribution in [3.05, 3.63) is 15.9 Å². The van der Waals surface area contributed by atoms with Gasteiger partial charge in [0, 0.05) is 5.75 Å². The van der Waals surface area contributed by atoms with Gasteiger partial charge in [-0.1, -0.05) is 32.5 Å². The molecule has 0 spiro atoms. The van der Waals surface area contributed by atoms with E-state index >= 15 is 0 Å². The van der Waals surface area contributed by atoms with E-state index in [-0.39, 0.29) is 17.4 Å². The lowest BCUT2D eigenvalue weighted by atomic mass is 10.0. The lowest BCUT2D eigenvalue weighted by molar-refractivity contribution is 0.429. The van der Waals surface area contributed by atoms with Gasteiger partial charge in [-0.25, -0.2) is 0 Å². The highest BCUT2D eigenvalue weighted by Gasteiger charge is 2.15. The number of H-pyrrole nitrogens is 1. The number of aromatic amines is 1. The molecular formula is C11H18N2O2S. The summed E-state index contributed by atoms with van der Waals surface area (Å²) in [6, 6.07) is 0. The Morgan fingerprint density at radius 3 is 2.69 bits per heavy atom. The van der Waals surface area contributed by atoms with Crippen molar-refractivity contribution >= 4 is 11.8 Å². The minimum absolute atomic E-state index is 0.0291. The molecule has 0 bridgehead atoms. The van der Waals surface area contributed by atoms with Gasteiger partial charge in [0.1, 0.15) is 0 Å². The molecule has 1 atom stereocenters. The molecule has 0 aliphatic carbocycles.